The van der Waals surface area contributed by atoms with Crippen molar-refractivity contribution in [1.82, 2.24) is 0 Å². The summed E-state index contributed by atoms with van der Waals surface area (Å²) in [5, 5.41) is 9.67. The van der Waals surface area contributed by atoms with Crippen molar-refractivity contribution in [2.24, 2.45) is 5.92 Å². The fraction of sp³-hybridized carbons (Fsp3) is 1.00. The lowest BCUT2D eigenvalue weighted by molar-refractivity contribution is -0.132. The van der Waals surface area contributed by atoms with Gasteiger partial charge < -0.3 is 9.47 Å². The molecule has 0 aliphatic heterocycles. The van der Waals surface area contributed by atoms with Crippen LogP contribution in [0.25, 0.3) is 0 Å². The molecule has 55 valence electrons. The van der Waals surface area contributed by atoms with Crippen molar-refractivity contribution in [1.29, 1.82) is 0 Å². The Kier molecular flexibility index (Phi) is 5.93. The topological polar surface area (TPSA) is 38.4 Å². The van der Waals surface area contributed by atoms with Crippen molar-refractivity contribution < 1.29 is 14.6 Å². The molecule has 0 saturated heterocycles. The second-order valence-corrected chi connectivity index (χ2v) is 2.20. The molecule has 9 heavy (non-hydrogen) atoms. The Labute approximate surface area is 55.6 Å². The Hall–Kier alpha value is -0.120. The van der Waals surface area contributed by atoms with Crippen LogP contribution in [-0.4, -0.2) is 20.2 Å². The predicted molar refractivity (Wildman–Crippen MR) is 32.3 cm³/mol. The number of hydrogen-bond acceptors (Lipinski definition) is 2. The normalized spacial score (nSPS) is 10.7. The molecule has 0 unspecified atom stereocenters. The molecule has 1 radical (unpaired) electrons. The summed E-state index contributed by atoms with van der Waals surface area (Å²) in [7, 11) is 0. The van der Waals surface area contributed by atoms with Gasteiger partial charge in [-0.3, -0.25) is 0 Å². The summed E-state index contributed by atoms with van der Waals surface area (Å²) in [5.74, 6) is 0.500. The largest absolute Gasteiger partial charge is 0.355 e. The average molecular weight is 133 g/mol. The average Bonchev–Trinajstić information content (AvgIpc) is 1.80. The SMILES string of the molecule is CC(C)COCOC[O]. The van der Waals surface area contributed by atoms with Crippen LogP contribution in [0.2, 0.25) is 0 Å². The molecule has 0 saturated carbocycles. The molecule has 0 spiro atoms. The number of rotatable bonds is 5. The first-order valence-corrected chi connectivity index (χ1v) is 3.01. The van der Waals surface area contributed by atoms with Gasteiger partial charge in [0, 0.05) is 0 Å². The van der Waals surface area contributed by atoms with Gasteiger partial charge in [-0.05, 0) is 5.92 Å². The van der Waals surface area contributed by atoms with Gasteiger partial charge >= 0.3 is 0 Å². The van der Waals surface area contributed by atoms with Crippen LogP contribution in [0.3, 0.4) is 0 Å². The molecule has 0 aliphatic carbocycles. The van der Waals surface area contributed by atoms with Gasteiger partial charge in [0.15, 0.2) is 6.79 Å². The van der Waals surface area contributed by atoms with E-state index in [9.17, 15) is 5.11 Å². The Morgan fingerprint density at radius 3 is 2.44 bits per heavy atom. The summed E-state index contributed by atoms with van der Waals surface area (Å²) in [4.78, 5) is 0. The van der Waals surface area contributed by atoms with Crippen LogP contribution in [-0.2, 0) is 14.6 Å². The third-order valence-electron chi connectivity index (χ3n) is 0.701. The van der Waals surface area contributed by atoms with Crippen LogP contribution >= 0.6 is 0 Å². The molecule has 0 aromatic heterocycles. The summed E-state index contributed by atoms with van der Waals surface area (Å²) in [5.41, 5.74) is 0. The molecule has 0 atom stereocenters. The zero-order valence-corrected chi connectivity index (χ0v) is 5.92. The maximum atomic E-state index is 9.67. The molecule has 0 bridgehead atoms. The zero-order chi connectivity index (χ0) is 7.11. The van der Waals surface area contributed by atoms with Gasteiger partial charge in [0.1, 0.15) is 6.79 Å². The van der Waals surface area contributed by atoms with E-state index in [2.05, 4.69) is 4.74 Å². The van der Waals surface area contributed by atoms with Gasteiger partial charge in [-0.2, -0.15) is 0 Å². The Balaban J connectivity index is 2.75. The summed E-state index contributed by atoms with van der Waals surface area (Å²) in [6.45, 7) is 4.34. The van der Waals surface area contributed by atoms with E-state index in [0.29, 0.717) is 12.5 Å². The smallest absolute Gasteiger partial charge is 0.183 e. The molecule has 0 aromatic carbocycles. The van der Waals surface area contributed by atoms with E-state index in [4.69, 9.17) is 4.74 Å². The Bertz CT molecular complexity index is 54.3. The molecular weight excluding hydrogens is 120 g/mol. The standard InChI is InChI=1S/C6H13O3/c1-6(2)3-8-5-9-4-7/h6H,3-5H2,1-2H3. The van der Waals surface area contributed by atoms with Crippen LogP contribution in [0.4, 0.5) is 0 Å². The molecular formula is C6H13O3. The molecule has 3 nitrogen and oxygen atoms in total. The second-order valence-electron chi connectivity index (χ2n) is 2.20. The van der Waals surface area contributed by atoms with Gasteiger partial charge in [0.2, 0.25) is 0 Å². The van der Waals surface area contributed by atoms with Crippen LogP contribution < -0.4 is 0 Å². The third kappa shape index (κ3) is 7.88. The van der Waals surface area contributed by atoms with E-state index < -0.39 is 6.79 Å². The van der Waals surface area contributed by atoms with Crippen LogP contribution in [0.15, 0.2) is 0 Å². The zero-order valence-electron chi connectivity index (χ0n) is 5.92. The summed E-state index contributed by atoms with van der Waals surface area (Å²) in [6, 6.07) is 0. The lowest BCUT2D eigenvalue weighted by atomic mass is 10.2. The summed E-state index contributed by atoms with van der Waals surface area (Å²) >= 11 is 0. The molecule has 0 heterocycles. The number of ether oxygens (including phenoxy) is 2. The highest BCUT2D eigenvalue weighted by Gasteiger charge is 1.91. The molecule has 0 aromatic rings. The summed E-state index contributed by atoms with van der Waals surface area (Å²) in [6.07, 6.45) is 0. The van der Waals surface area contributed by atoms with E-state index in [-0.39, 0.29) is 6.79 Å². The van der Waals surface area contributed by atoms with Crippen molar-refractivity contribution in [2.75, 3.05) is 20.2 Å². The van der Waals surface area contributed by atoms with E-state index in [1.807, 2.05) is 13.8 Å². The van der Waals surface area contributed by atoms with Crippen molar-refractivity contribution >= 4 is 0 Å². The van der Waals surface area contributed by atoms with Crippen LogP contribution in [0, 0.1) is 5.92 Å². The Morgan fingerprint density at radius 2 is 2.00 bits per heavy atom. The van der Waals surface area contributed by atoms with E-state index in [1.54, 1.807) is 0 Å². The fourth-order valence-corrected chi connectivity index (χ4v) is 0.377. The predicted octanol–water partition coefficient (Wildman–Crippen LogP) is 1.02. The maximum Gasteiger partial charge on any atom is 0.183 e. The molecule has 3 heteroatoms. The van der Waals surface area contributed by atoms with Gasteiger partial charge in [-0.25, -0.2) is 5.11 Å². The van der Waals surface area contributed by atoms with Gasteiger partial charge in [0.05, 0.1) is 6.61 Å². The summed E-state index contributed by atoms with van der Waals surface area (Å²) < 4.78 is 9.32. The molecule has 0 fully saturated rings. The van der Waals surface area contributed by atoms with E-state index >= 15 is 0 Å². The third-order valence-corrected chi connectivity index (χ3v) is 0.701. The van der Waals surface area contributed by atoms with Crippen molar-refractivity contribution in [3.05, 3.63) is 0 Å². The van der Waals surface area contributed by atoms with E-state index in [0.717, 1.165) is 0 Å². The minimum atomic E-state index is -0.516. The quantitative estimate of drug-likeness (QED) is 0.415. The van der Waals surface area contributed by atoms with Crippen LogP contribution in [0.1, 0.15) is 13.8 Å². The Morgan fingerprint density at radius 1 is 1.33 bits per heavy atom. The van der Waals surface area contributed by atoms with Crippen LogP contribution in [0.5, 0.6) is 0 Å². The van der Waals surface area contributed by atoms with Crippen molar-refractivity contribution in [3.63, 3.8) is 0 Å². The number of hydrogen-bond donors (Lipinski definition) is 0. The van der Waals surface area contributed by atoms with Crippen molar-refractivity contribution in [3.8, 4) is 0 Å². The monoisotopic (exact) mass is 133 g/mol. The lowest BCUT2D eigenvalue weighted by Crippen LogP contribution is -2.05. The highest BCUT2D eigenvalue weighted by molar-refractivity contribution is 4.36. The van der Waals surface area contributed by atoms with Gasteiger partial charge in [-0.15, -0.1) is 0 Å². The minimum absolute atomic E-state index is 0.127. The molecule has 0 rings (SSSR count). The van der Waals surface area contributed by atoms with Gasteiger partial charge in [-0.1, -0.05) is 13.8 Å². The van der Waals surface area contributed by atoms with Crippen molar-refractivity contribution in [2.45, 2.75) is 13.8 Å². The highest BCUT2D eigenvalue weighted by atomic mass is 16.7. The second kappa shape index (κ2) is 6.01. The molecule has 0 N–H and O–H groups in total. The lowest BCUT2D eigenvalue weighted by Gasteiger charge is -2.04. The first kappa shape index (κ1) is 8.88. The molecule has 0 amide bonds. The first-order chi connectivity index (χ1) is 4.27. The molecule has 0 aliphatic rings. The highest BCUT2D eigenvalue weighted by Crippen LogP contribution is 1.91. The minimum Gasteiger partial charge on any atom is -0.355 e. The van der Waals surface area contributed by atoms with Gasteiger partial charge in [0.25, 0.3) is 0 Å². The first-order valence-electron chi connectivity index (χ1n) is 3.01. The van der Waals surface area contributed by atoms with E-state index in [1.165, 1.54) is 0 Å². The fourth-order valence-electron chi connectivity index (χ4n) is 0.377. The maximum absolute atomic E-state index is 9.67.